The summed E-state index contributed by atoms with van der Waals surface area (Å²) >= 11 is 0. The lowest BCUT2D eigenvalue weighted by atomic mass is 10.2. The molecule has 0 saturated heterocycles. The Labute approximate surface area is 66.9 Å². The van der Waals surface area contributed by atoms with Gasteiger partial charge >= 0.3 is 0 Å². The van der Waals surface area contributed by atoms with Gasteiger partial charge in [0.25, 0.3) is 0 Å². The van der Waals surface area contributed by atoms with Gasteiger partial charge in [0, 0.05) is 0 Å². The fourth-order valence-electron chi connectivity index (χ4n) is 0.873. The molecule has 0 aromatic carbocycles. The Hall–Kier alpha value is -1.17. The maximum Gasteiger partial charge on any atom is 0.225 e. The molecule has 3 heteroatoms. The standard InChI is InChI=1S/C8H12N2O/c1-3-7(4-2)11-8-5-10(8)6-9/h5,7H,3-4H2,1-2H3. The molecule has 11 heavy (non-hydrogen) atoms. The molecule has 1 heterocycles. The number of hydrogen-bond donors (Lipinski definition) is 0. The second-order valence-electron chi connectivity index (χ2n) is 2.49. The van der Waals surface area contributed by atoms with Crippen LogP contribution in [-0.4, -0.2) is 11.0 Å². The highest BCUT2D eigenvalue weighted by atomic mass is 16.5. The average Bonchev–Trinajstić information content (AvgIpc) is 2.78. The number of nitrogens with zero attached hydrogens (tertiary/aromatic N) is 2. The molecular formula is C8H12N2O. The van der Waals surface area contributed by atoms with Gasteiger partial charge in [0.05, 0.1) is 12.3 Å². The summed E-state index contributed by atoms with van der Waals surface area (Å²) in [4.78, 5) is 1.43. The molecule has 0 spiro atoms. The molecule has 0 aromatic rings. The number of ether oxygens (including phenoxy) is 1. The van der Waals surface area contributed by atoms with Crippen LogP contribution in [0.25, 0.3) is 0 Å². The first kappa shape index (κ1) is 7.93. The molecule has 0 N–H and O–H groups in total. The van der Waals surface area contributed by atoms with Gasteiger partial charge < -0.3 is 4.74 Å². The minimum absolute atomic E-state index is 0.264. The topological polar surface area (TPSA) is 36.0 Å². The number of hydrogen-bond acceptors (Lipinski definition) is 3. The maximum atomic E-state index is 8.38. The van der Waals surface area contributed by atoms with E-state index in [2.05, 4.69) is 13.8 Å². The SMILES string of the molecule is CCC(CC)OC1=CN1C#N. The molecule has 60 valence electrons. The molecule has 0 atom stereocenters. The summed E-state index contributed by atoms with van der Waals surface area (Å²) in [5.74, 6) is 0.709. The predicted octanol–water partition coefficient (Wildman–Crippen LogP) is 1.79. The van der Waals surface area contributed by atoms with Gasteiger partial charge in [-0.05, 0) is 12.8 Å². The van der Waals surface area contributed by atoms with Crippen molar-refractivity contribution in [2.75, 3.05) is 0 Å². The summed E-state index contributed by atoms with van der Waals surface area (Å²) in [6.45, 7) is 4.15. The van der Waals surface area contributed by atoms with Crippen LogP contribution in [0.4, 0.5) is 0 Å². The molecule has 3 nitrogen and oxygen atoms in total. The van der Waals surface area contributed by atoms with Crippen LogP contribution < -0.4 is 0 Å². The van der Waals surface area contributed by atoms with E-state index in [1.165, 1.54) is 4.90 Å². The summed E-state index contributed by atoms with van der Waals surface area (Å²) in [5, 5.41) is 8.38. The Morgan fingerprint density at radius 2 is 2.27 bits per heavy atom. The molecule has 0 unspecified atom stereocenters. The van der Waals surface area contributed by atoms with Crippen LogP contribution >= 0.6 is 0 Å². The van der Waals surface area contributed by atoms with Crippen molar-refractivity contribution >= 4 is 0 Å². The third-order valence-electron chi connectivity index (χ3n) is 1.72. The first-order valence-corrected chi connectivity index (χ1v) is 3.89. The minimum atomic E-state index is 0.264. The van der Waals surface area contributed by atoms with E-state index in [4.69, 9.17) is 10.00 Å². The summed E-state index contributed by atoms with van der Waals surface area (Å²) < 4.78 is 5.43. The zero-order chi connectivity index (χ0) is 8.27. The molecule has 0 amide bonds. The summed E-state index contributed by atoms with van der Waals surface area (Å²) in [7, 11) is 0. The van der Waals surface area contributed by atoms with E-state index < -0.39 is 0 Å². The van der Waals surface area contributed by atoms with E-state index in [1.54, 1.807) is 6.20 Å². The largest absolute Gasteiger partial charge is 0.474 e. The monoisotopic (exact) mass is 152 g/mol. The Kier molecular flexibility index (Phi) is 2.37. The van der Waals surface area contributed by atoms with Crippen molar-refractivity contribution in [3.05, 3.63) is 12.1 Å². The van der Waals surface area contributed by atoms with E-state index in [0.29, 0.717) is 5.88 Å². The van der Waals surface area contributed by atoms with E-state index in [1.807, 2.05) is 6.19 Å². The lowest BCUT2D eigenvalue weighted by Crippen LogP contribution is -2.08. The van der Waals surface area contributed by atoms with Crippen molar-refractivity contribution in [3.63, 3.8) is 0 Å². The summed E-state index contributed by atoms with van der Waals surface area (Å²) in [5.41, 5.74) is 0. The second kappa shape index (κ2) is 3.29. The highest BCUT2D eigenvalue weighted by Crippen LogP contribution is 2.23. The quantitative estimate of drug-likeness (QED) is 0.576. The molecule has 1 aliphatic heterocycles. The van der Waals surface area contributed by atoms with Gasteiger partial charge in [0.2, 0.25) is 5.88 Å². The van der Waals surface area contributed by atoms with Gasteiger partial charge in [-0.1, -0.05) is 13.8 Å². The highest BCUT2D eigenvalue weighted by molar-refractivity contribution is 5.18. The lowest BCUT2D eigenvalue weighted by molar-refractivity contribution is 0.102. The third kappa shape index (κ3) is 1.87. The molecule has 0 saturated carbocycles. The molecule has 0 aliphatic carbocycles. The second-order valence-corrected chi connectivity index (χ2v) is 2.49. The number of rotatable bonds is 4. The van der Waals surface area contributed by atoms with Crippen LogP contribution in [0.2, 0.25) is 0 Å². The van der Waals surface area contributed by atoms with Gasteiger partial charge in [-0.3, -0.25) is 0 Å². The molecule has 0 bridgehead atoms. The number of nitriles is 1. The fourth-order valence-corrected chi connectivity index (χ4v) is 0.873. The zero-order valence-electron chi connectivity index (χ0n) is 6.87. The van der Waals surface area contributed by atoms with Crippen molar-refractivity contribution < 1.29 is 4.74 Å². The van der Waals surface area contributed by atoms with Crippen molar-refractivity contribution in [1.82, 2.24) is 4.90 Å². The Morgan fingerprint density at radius 1 is 1.64 bits per heavy atom. The zero-order valence-corrected chi connectivity index (χ0v) is 6.87. The van der Waals surface area contributed by atoms with Crippen LogP contribution in [0.15, 0.2) is 12.1 Å². The first-order valence-electron chi connectivity index (χ1n) is 3.89. The minimum Gasteiger partial charge on any atom is -0.474 e. The smallest absolute Gasteiger partial charge is 0.225 e. The van der Waals surface area contributed by atoms with Crippen molar-refractivity contribution in [3.8, 4) is 6.19 Å². The Balaban J connectivity index is 2.22. The van der Waals surface area contributed by atoms with Crippen LogP contribution in [0.5, 0.6) is 0 Å². The van der Waals surface area contributed by atoms with E-state index in [0.717, 1.165) is 12.8 Å². The molecule has 1 aliphatic rings. The molecule has 0 fully saturated rings. The van der Waals surface area contributed by atoms with Crippen LogP contribution in [0, 0.1) is 11.5 Å². The fraction of sp³-hybridized carbons (Fsp3) is 0.625. The van der Waals surface area contributed by atoms with E-state index >= 15 is 0 Å². The molecule has 1 rings (SSSR count). The van der Waals surface area contributed by atoms with E-state index in [-0.39, 0.29) is 6.10 Å². The van der Waals surface area contributed by atoms with Crippen LogP contribution in [0.3, 0.4) is 0 Å². The van der Waals surface area contributed by atoms with Crippen LogP contribution in [-0.2, 0) is 4.74 Å². The van der Waals surface area contributed by atoms with E-state index in [9.17, 15) is 0 Å². The molecule has 0 radical (unpaired) electrons. The van der Waals surface area contributed by atoms with Gasteiger partial charge in [-0.25, -0.2) is 4.90 Å². The van der Waals surface area contributed by atoms with Gasteiger partial charge in [0.15, 0.2) is 6.19 Å². The van der Waals surface area contributed by atoms with Crippen LogP contribution in [0.1, 0.15) is 26.7 Å². The van der Waals surface area contributed by atoms with Gasteiger partial charge in [0.1, 0.15) is 0 Å². The Morgan fingerprint density at radius 3 is 2.64 bits per heavy atom. The lowest BCUT2D eigenvalue weighted by Gasteiger charge is -2.11. The van der Waals surface area contributed by atoms with Crippen molar-refractivity contribution in [2.24, 2.45) is 0 Å². The summed E-state index contributed by atoms with van der Waals surface area (Å²) in [6.07, 6.45) is 5.90. The predicted molar refractivity (Wildman–Crippen MR) is 41.0 cm³/mol. The average molecular weight is 152 g/mol. The van der Waals surface area contributed by atoms with Gasteiger partial charge in [-0.2, -0.15) is 5.26 Å². The first-order chi connectivity index (χ1) is 5.31. The normalized spacial score (nSPS) is 14.4. The Bertz CT molecular complexity index is 201. The molecular weight excluding hydrogens is 140 g/mol. The summed E-state index contributed by atoms with van der Waals surface area (Å²) in [6, 6.07) is 0. The van der Waals surface area contributed by atoms with Crippen molar-refractivity contribution in [2.45, 2.75) is 32.8 Å². The van der Waals surface area contributed by atoms with Crippen molar-refractivity contribution in [1.29, 1.82) is 5.26 Å². The highest BCUT2D eigenvalue weighted by Gasteiger charge is 2.24. The third-order valence-corrected chi connectivity index (χ3v) is 1.72. The molecule has 0 aromatic heterocycles. The maximum absolute atomic E-state index is 8.38. The van der Waals surface area contributed by atoms with Gasteiger partial charge in [-0.15, -0.1) is 0 Å².